The number of nitrogens with zero attached hydrogens (tertiary/aromatic N) is 4. The molecule has 1 fully saturated rings. The first-order valence-electron chi connectivity index (χ1n) is 12.1. The zero-order chi connectivity index (χ0) is 26.6. The Labute approximate surface area is 210 Å². The fourth-order valence-corrected chi connectivity index (χ4v) is 4.90. The normalized spacial score (nSPS) is 17.2. The van der Waals surface area contributed by atoms with E-state index in [-0.39, 0.29) is 59.1 Å². The first-order chi connectivity index (χ1) is 17.5. The summed E-state index contributed by atoms with van der Waals surface area (Å²) in [7, 11) is 0. The quantitative estimate of drug-likeness (QED) is 0.443. The SMILES string of the molecule is CC(CCO)NC(=O)c1c(N)nn2ccc(-c3cc4c(c(C(F)(F)F)c3)C(=O)N(C(C)C3CC3)C4)nc12. The van der Waals surface area contributed by atoms with Gasteiger partial charge in [-0.3, -0.25) is 9.59 Å². The number of aromatic nitrogens is 3. The van der Waals surface area contributed by atoms with E-state index >= 15 is 0 Å². The molecule has 2 aliphatic rings. The molecule has 4 N–H and O–H groups in total. The summed E-state index contributed by atoms with van der Waals surface area (Å²) in [6.45, 7) is 3.57. The van der Waals surface area contributed by atoms with Crippen molar-refractivity contribution in [2.75, 3.05) is 12.3 Å². The van der Waals surface area contributed by atoms with Gasteiger partial charge in [-0.05, 0) is 62.8 Å². The number of carbonyl (C=O) groups is 2. The van der Waals surface area contributed by atoms with E-state index in [1.165, 1.54) is 21.7 Å². The Hall–Kier alpha value is -3.67. The van der Waals surface area contributed by atoms with E-state index in [9.17, 15) is 22.8 Å². The second-order valence-electron chi connectivity index (χ2n) is 9.79. The molecule has 9 nitrogen and oxygen atoms in total. The maximum absolute atomic E-state index is 14.1. The molecule has 196 valence electrons. The highest BCUT2D eigenvalue weighted by Crippen LogP contribution is 2.43. The molecule has 37 heavy (non-hydrogen) atoms. The summed E-state index contributed by atoms with van der Waals surface area (Å²) in [5.41, 5.74) is 5.37. The summed E-state index contributed by atoms with van der Waals surface area (Å²) in [4.78, 5) is 31.9. The summed E-state index contributed by atoms with van der Waals surface area (Å²) in [5.74, 6) is -0.929. The van der Waals surface area contributed by atoms with Crippen LogP contribution in [-0.2, 0) is 12.7 Å². The second kappa shape index (κ2) is 9.02. The number of hydrogen-bond donors (Lipinski definition) is 3. The van der Waals surface area contributed by atoms with Gasteiger partial charge in [0.2, 0.25) is 0 Å². The Morgan fingerprint density at radius 2 is 2.03 bits per heavy atom. The Balaban J connectivity index is 1.57. The highest BCUT2D eigenvalue weighted by atomic mass is 19.4. The molecule has 1 aromatic carbocycles. The van der Waals surface area contributed by atoms with Gasteiger partial charge in [-0.25, -0.2) is 9.50 Å². The minimum atomic E-state index is -4.74. The van der Waals surface area contributed by atoms with Gasteiger partial charge in [0, 0.05) is 37.0 Å². The predicted molar refractivity (Wildman–Crippen MR) is 129 cm³/mol. The summed E-state index contributed by atoms with van der Waals surface area (Å²) < 4.78 is 43.7. The molecule has 1 aliphatic carbocycles. The average molecular weight is 517 g/mol. The van der Waals surface area contributed by atoms with Crippen molar-refractivity contribution in [1.82, 2.24) is 24.8 Å². The number of nitrogen functional groups attached to an aromatic ring is 1. The highest BCUT2D eigenvalue weighted by molar-refractivity contribution is 6.04. The Morgan fingerprint density at radius 3 is 2.68 bits per heavy atom. The topological polar surface area (TPSA) is 126 Å². The van der Waals surface area contributed by atoms with Crippen molar-refractivity contribution in [2.45, 2.75) is 57.9 Å². The van der Waals surface area contributed by atoms with Gasteiger partial charge in [-0.2, -0.15) is 13.2 Å². The van der Waals surface area contributed by atoms with Crippen LogP contribution in [0, 0.1) is 5.92 Å². The number of amides is 2. The maximum atomic E-state index is 14.1. The van der Waals surface area contributed by atoms with Crippen molar-refractivity contribution in [2.24, 2.45) is 5.92 Å². The van der Waals surface area contributed by atoms with Crippen molar-refractivity contribution in [1.29, 1.82) is 0 Å². The molecule has 0 spiro atoms. The van der Waals surface area contributed by atoms with Gasteiger partial charge in [-0.15, -0.1) is 5.10 Å². The lowest BCUT2D eigenvalue weighted by Gasteiger charge is -2.24. The number of halogens is 3. The first-order valence-corrected chi connectivity index (χ1v) is 12.1. The van der Waals surface area contributed by atoms with Gasteiger partial charge in [-0.1, -0.05) is 0 Å². The van der Waals surface area contributed by atoms with Crippen LogP contribution in [0.1, 0.15) is 65.0 Å². The number of anilines is 1. The molecular weight excluding hydrogens is 489 g/mol. The molecule has 12 heteroatoms. The maximum Gasteiger partial charge on any atom is 0.417 e. The molecule has 0 saturated heterocycles. The van der Waals surface area contributed by atoms with Gasteiger partial charge in [0.15, 0.2) is 11.5 Å². The zero-order valence-electron chi connectivity index (χ0n) is 20.3. The van der Waals surface area contributed by atoms with E-state index in [2.05, 4.69) is 15.4 Å². The van der Waals surface area contributed by atoms with Gasteiger partial charge >= 0.3 is 6.18 Å². The molecule has 5 rings (SSSR count). The summed E-state index contributed by atoms with van der Waals surface area (Å²) in [5, 5.41) is 15.9. The molecule has 0 bridgehead atoms. The van der Waals surface area contributed by atoms with Crippen LogP contribution in [0.5, 0.6) is 0 Å². The third-order valence-corrected chi connectivity index (χ3v) is 7.11. The monoisotopic (exact) mass is 516 g/mol. The number of benzene rings is 1. The van der Waals surface area contributed by atoms with Crippen molar-refractivity contribution in [3.05, 3.63) is 46.6 Å². The first kappa shape index (κ1) is 25.0. The minimum absolute atomic E-state index is 0.0107. The van der Waals surface area contributed by atoms with Crippen molar-refractivity contribution >= 4 is 23.3 Å². The largest absolute Gasteiger partial charge is 0.417 e. The van der Waals surface area contributed by atoms with Crippen LogP contribution in [0.3, 0.4) is 0 Å². The smallest absolute Gasteiger partial charge is 0.396 e. The predicted octanol–water partition coefficient (Wildman–Crippen LogP) is 3.25. The third-order valence-electron chi connectivity index (χ3n) is 7.11. The lowest BCUT2D eigenvalue weighted by Crippen LogP contribution is -2.35. The fourth-order valence-electron chi connectivity index (χ4n) is 4.90. The lowest BCUT2D eigenvalue weighted by atomic mass is 9.97. The van der Waals surface area contributed by atoms with Gasteiger partial charge in [0.25, 0.3) is 11.8 Å². The molecular formula is C25H27F3N6O3. The van der Waals surface area contributed by atoms with Crippen LogP contribution in [0.4, 0.5) is 19.0 Å². The molecule has 1 aliphatic heterocycles. The van der Waals surface area contributed by atoms with Crippen LogP contribution in [0.15, 0.2) is 24.4 Å². The van der Waals surface area contributed by atoms with Crippen LogP contribution >= 0.6 is 0 Å². The summed E-state index contributed by atoms with van der Waals surface area (Å²) in [6, 6.07) is 3.49. The van der Waals surface area contributed by atoms with Crippen LogP contribution in [-0.4, -0.2) is 55.1 Å². The number of aliphatic hydroxyl groups excluding tert-OH is 1. The molecule has 3 heterocycles. The second-order valence-corrected chi connectivity index (χ2v) is 9.79. The number of nitrogens with two attached hydrogens (primary N) is 1. The van der Waals surface area contributed by atoms with Crippen molar-refractivity contribution in [3.8, 4) is 11.3 Å². The molecule has 2 atom stereocenters. The number of carbonyl (C=O) groups excluding carboxylic acids is 2. The van der Waals surface area contributed by atoms with E-state index in [1.54, 1.807) is 13.0 Å². The van der Waals surface area contributed by atoms with E-state index in [0.29, 0.717) is 17.9 Å². The average Bonchev–Trinajstić information content (AvgIpc) is 3.55. The minimum Gasteiger partial charge on any atom is -0.396 e. The lowest BCUT2D eigenvalue weighted by molar-refractivity contribution is -0.137. The number of nitrogens with one attached hydrogen (secondary N) is 1. The highest BCUT2D eigenvalue weighted by Gasteiger charge is 2.44. The van der Waals surface area contributed by atoms with Gasteiger partial charge < -0.3 is 21.1 Å². The zero-order valence-corrected chi connectivity index (χ0v) is 20.3. The molecule has 0 radical (unpaired) electrons. The van der Waals surface area contributed by atoms with Crippen LogP contribution < -0.4 is 11.1 Å². The Bertz CT molecular complexity index is 1400. The number of fused-ring (bicyclic) bond motifs is 2. The van der Waals surface area contributed by atoms with Gasteiger partial charge in [0.05, 0.1) is 16.8 Å². The molecule has 2 amide bonds. The standard InChI is InChI=1S/C25H27F3N6O3/c1-12(6-8-35)30-23(36)20-21(29)32-34-7-5-18(31-22(20)34)15-9-16-11-33(13(2)14-3-4-14)24(37)19(16)17(10-15)25(26,27)28/h5,7,9-10,12-14,35H,3-4,6,8,11H2,1-2H3,(H2,29,32)(H,30,36). The molecule has 3 aromatic rings. The summed E-state index contributed by atoms with van der Waals surface area (Å²) >= 11 is 0. The third kappa shape index (κ3) is 4.50. The molecule has 2 aromatic heterocycles. The van der Waals surface area contributed by atoms with Crippen molar-refractivity contribution in [3.63, 3.8) is 0 Å². The van der Waals surface area contributed by atoms with Crippen molar-refractivity contribution < 1.29 is 27.9 Å². The van der Waals surface area contributed by atoms with E-state index in [4.69, 9.17) is 10.8 Å². The van der Waals surface area contributed by atoms with E-state index < -0.39 is 23.6 Å². The number of alkyl halides is 3. The number of rotatable bonds is 7. The number of aliphatic hydroxyl groups is 1. The fraction of sp³-hybridized carbons (Fsp3) is 0.440. The molecule has 2 unspecified atom stereocenters. The van der Waals surface area contributed by atoms with E-state index in [1.807, 2.05) is 6.92 Å². The molecule has 1 saturated carbocycles. The van der Waals surface area contributed by atoms with Crippen LogP contribution in [0.25, 0.3) is 16.9 Å². The number of hydrogen-bond acceptors (Lipinski definition) is 6. The Morgan fingerprint density at radius 1 is 1.30 bits per heavy atom. The van der Waals surface area contributed by atoms with Gasteiger partial charge in [0.1, 0.15) is 5.56 Å². The summed E-state index contributed by atoms with van der Waals surface area (Å²) in [6.07, 6.45) is -1.02. The Kier molecular flexibility index (Phi) is 6.09. The van der Waals surface area contributed by atoms with Crippen LogP contribution in [0.2, 0.25) is 0 Å². The van der Waals surface area contributed by atoms with E-state index in [0.717, 1.165) is 18.9 Å².